The van der Waals surface area contributed by atoms with Crippen molar-refractivity contribution in [3.63, 3.8) is 0 Å². The van der Waals surface area contributed by atoms with Crippen LogP contribution in [-0.4, -0.2) is 5.37 Å². The van der Waals surface area contributed by atoms with Crippen LogP contribution in [0.4, 0.5) is 0 Å². The zero-order valence-corrected chi connectivity index (χ0v) is 8.14. The van der Waals surface area contributed by atoms with Crippen molar-refractivity contribution in [1.29, 1.82) is 0 Å². The van der Waals surface area contributed by atoms with E-state index in [2.05, 4.69) is 36.0 Å². The van der Waals surface area contributed by atoms with E-state index in [1.54, 1.807) is 11.8 Å². The first kappa shape index (κ1) is 9.15. The summed E-state index contributed by atoms with van der Waals surface area (Å²) in [6.45, 7) is 9.21. The Morgan fingerprint density at radius 3 is 2.42 bits per heavy atom. The summed E-state index contributed by atoms with van der Waals surface area (Å²) >= 11 is 1.66. The highest BCUT2D eigenvalue weighted by atomic mass is 32.2. The van der Waals surface area contributed by atoms with E-state index in [1.165, 1.54) is 10.5 Å². The molecule has 1 unspecified atom stereocenters. The molecule has 62 valence electrons. The van der Waals surface area contributed by atoms with Crippen molar-refractivity contribution in [3.05, 3.63) is 34.7 Å². The summed E-state index contributed by atoms with van der Waals surface area (Å²) < 4.78 is 0. The van der Waals surface area contributed by atoms with Gasteiger partial charge in [-0.2, -0.15) is 0 Å². The molecule has 0 spiro atoms. The zero-order chi connectivity index (χ0) is 8.97. The summed E-state index contributed by atoms with van der Waals surface area (Å²) in [7, 11) is 0. The third kappa shape index (κ3) is 2.60. The zero-order valence-electron chi connectivity index (χ0n) is 7.32. The topological polar surface area (TPSA) is 4.36 Å². The van der Waals surface area contributed by atoms with E-state index >= 15 is 0 Å². The lowest BCUT2D eigenvalue weighted by molar-refractivity contribution is 1.23. The normalized spacial score (nSPS) is 12.1. The smallest absolute Gasteiger partial charge is 0.0717 e. The fraction of sp³-hybridized carbons (Fsp3) is 0.300. The number of aryl methyl sites for hydroxylation is 1. The van der Waals surface area contributed by atoms with Gasteiger partial charge in [0.25, 0.3) is 6.57 Å². The van der Waals surface area contributed by atoms with Gasteiger partial charge in [-0.3, -0.25) is 0 Å². The van der Waals surface area contributed by atoms with E-state index in [0.29, 0.717) is 0 Å². The quantitative estimate of drug-likeness (QED) is 0.628. The summed E-state index contributed by atoms with van der Waals surface area (Å²) in [5.74, 6) is 0. The lowest BCUT2D eigenvalue weighted by Crippen LogP contribution is -1.85. The van der Waals surface area contributed by atoms with Crippen LogP contribution in [0.5, 0.6) is 0 Å². The standard InChI is InChI=1S/C10H12NS/c1-8-4-6-10(7-5-8)12-9(2)11-3/h3-7,9H,1-2H3/q+1. The third-order valence-corrected chi connectivity index (χ3v) is 2.54. The van der Waals surface area contributed by atoms with Crippen molar-refractivity contribution in [2.24, 2.45) is 0 Å². The number of hydrogen-bond acceptors (Lipinski definition) is 1. The van der Waals surface area contributed by atoms with Gasteiger partial charge < -0.3 is 0 Å². The lowest BCUT2D eigenvalue weighted by Gasteiger charge is -1.97. The largest absolute Gasteiger partial charge is 0.318 e. The maximum Gasteiger partial charge on any atom is 0.318 e. The molecule has 1 atom stereocenters. The van der Waals surface area contributed by atoms with Crippen molar-refractivity contribution in [2.75, 3.05) is 0 Å². The molecule has 0 N–H and O–H groups in total. The Bertz CT molecular complexity index is 284. The molecule has 0 heterocycles. The van der Waals surface area contributed by atoms with Gasteiger partial charge in [0.1, 0.15) is 0 Å². The van der Waals surface area contributed by atoms with Crippen LogP contribution in [-0.2, 0) is 0 Å². The van der Waals surface area contributed by atoms with Gasteiger partial charge in [0.15, 0.2) is 0 Å². The Balaban J connectivity index is 2.66. The van der Waals surface area contributed by atoms with Crippen molar-refractivity contribution in [1.82, 2.24) is 0 Å². The second-order valence-electron chi connectivity index (χ2n) is 2.68. The van der Waals surface area contributed by atoms with Crippen LogP contribution in [0.15, 0.2) is 29.2 Å². The second kappa shape index (κ2) is 4.18. The lowest BCUT2D eigenvalue weighted by atomic mass is 10.2. The van der Waals surface area contributed by atoms with Crippen molar-refractivity contribution in [2.45, 2.75) is 24.1 Å². The Hall–Kier alpha value is -0.940. The highest BCUT2D eigenvalue weighted by molar-refractivity contribution is 8.00. The highest BCUT2D eigenvalue weighted by Crippen LogP contribution is 2.23. The van der Waals surface area contributed by atoms with E-state index in [0.717, 1.165) is 0 Å². The summed E-state index contributed by atoms with van der Waals surface area (Å²) in [4.78, 5) is 4.88. The summed E-state index contributed by atoms with van der Waals surface area (Å²) in [6.07, 6.45) is 0. The van der Waals surface area contributed by atoms with E-state index in [4.69, 9.17) is 6.57 Å². The van der Waals surface area contributed by atoms with Crippen LogP contribution in [0.1, 0.15) is 12.5 Å². The number of thioether (sulfide) groups is 1. The molecule has 2 heteroatoms. The molecule has 0 fully saturated rings. The average Bonchev–Trinajstić information content (AvgIpc) is 2.09. The van der Waals surface area contributed by atoms with Crippen molar-refractivity contribution < 1.29 is 0 Å². The monoisotopic (exact) mass is 178 g/mol. The first-order valence-electron chi connectivity index (χ1n) is 3.85. The molecular weight excluding hydrogens is 166 g/mol. The maximum atomic E-state index is 5.15. The molecule has 0 radical (unpaired) electrons. The second-order valence-corrected chi connectivity index (χ2v) is 4.07. The van der Waals surface area contributed by atoms with E-state index in [9.17, 15) is 0 Å². The van der Waals surface area contributed by atoms with Gasteiger partial charge >= 0.3 is 5.37 Å². The number of rotatable bonds is 2. The molecule has 1 rings (SSSR count). The highest BCUT2D eigenvalue weighted by Gasteiger charge is 2.08. The Morgan fingerprint density at radius 1 is 1.33 bits per heavy atom. The number of benzene rings is 1. The molecule has 0 aliphatic heterocycles. The molecule has 12 heavy (non-hydrogen) atoms. The molecule has 0 saturated heterocycles. The van der Waals surface area contributed by atoms with Gasteiger partial charge in [0.05, 0.1) is 0 Å². The molecule has 0 amide bonds. The first-order valence-corrected chi connectivity index (χ1v) is 4.73. The predicted octanol–water partition coefficient (Wildman–Crippen LogP) is 3.40. The Morgan fingerprint density at radius 2 is 1.92 bits per heavy atom. The maximum absolute atomic E-state index is 5.15. The fourth-order valence-corrected chi connectivity index (χ4v) is 1.59. The van der Waals surface area contributed by atoms with Crippen LogP contribution in [0.3, 0.4) is 0 Å². The predicted molar refractivity (Wildman–Crippen MR) is 54.8 cm³/mol. The number of nitrogens with zero attached hydrogens (tertiary/aromatic N) is 1. The molecule has 0 bridgehead atoms. The third-order valence-electron chi connectivity index (χ3n) is 1.54. The van der Waals surface area contributed by atoms with Gasteiger partial charge in [-0.25, -0.2) is 0 Å². The number of hydrogen-bond donors (Lipinski definition) is 0. The minimum atomic E-state index is 0.132. The average molecular weight is 178 g/mol. The molecule has 1 aromatic rings. The van der Waals surface area contributed by atoms with Gasteiger partial charge in [0, 0.05) is 11.8 Å². The van der Waals surface area contributed by atoms with Gasteiger partial charge in [-0.15, -0.1) is 0 Å². The van der Waals surface area contributed by atoms with E-state index in [-0.39, 0.29) is 5.37 Å². The Labute approximate surface area is 77.6 Å². The van der Waals surface area contributed by atoms with Crippen LogP contribution in [0.2, 0.25) is 0 Å². The fourth-order valence-electron chi connectivity index (χ4n) is 0.844. The SMILES string of the molecule is C#[N+]C(C)Sc1ccc(C)cc1. The summed E-state index contributed by atoms with van der Waals surface area (Å²) in [5.41, 5.74) is 1.27. The summed E-state index contributed by atoms with van der Waals surface area (Å²) in [6, 6.07) is 8.35. The Kier molecular flexibility index (Phi) is 3.19. The van der Waals surface area contributed by atoms with Crippen LogP contribution < -0.4 is 0 Å². The van der Waals surface area contributed by atoms with E-state index in [1.807, 2.05) is 6.92 Å². The molecule has 1 aromatic carbocycles. The van der Waals surface area contributed by atoms with Crippen molar-refractivity contribution in [3.8, 4) is 6.57 Å². The van der Waals surface area contributed by atoms with Crippen molar-refractivity contribution >= 4 is 11.8 Å². The van der Waals surface area contributed by atoms with Gasteiger partial charge in [0.2, 0.25) is 0 Å². The molecule has 0 aromatic heterocycles. The van der Waals surface area contributed by atoms with Crippen LogP contribution >= 0.6 is 11.8 Å². The molecular formula is C10H12NS+. The van der Waals surface area contributed by atoms with Crippen LogP contribution in [0, 0.1) is 13.5 Å². The molecule has 0 saturated carbocycles. The van der Waals surface area contributed by atoms with Gasteiger partial charge in [-0.05, 0) is 30.8 Å². The molecule has 0 aliphatic rings. The first-order chi connectivity index (χ1) is 5.72. The van der Waals surface area contributed by atoms with Gasteiger partial charge in [-0.1, -0.05) is 22.5 Å². The minimum Gasteiger partial charge on any atom is -0.0717 e. The molecule has 0 aliphatic carbocycles. The summed E-state index contributed by atoms with van der Waals surface area (Å²) in [5, 5.41) is 0.132. The molecule has 1 nitrogen and oxygen atoms in total. The van der Waals surface area contributed by atoms with E-state index < -0.39 is 0 Å². The minimum absolute atomic E-state index is 0.132. The van der Waals surface area contributed by atoms with Crippen LogP contribution in [0.25, 0.3) is 4.85 Å².